The number of anilines is 2. The molecule has 10 heteroatoms. The van der Waals surface area contributed by atoms with E-state index in [0.717, 1.165) is 18.4 Å². The van der Waals surface area contributed by atoms with Crippen molar-refractivity contribution < 1.29 is 9.59 Å². The Hall–Kier alpha value is -5.22. The number of hydrogen-bond acceptors (Lipinski definition) is 7. The largest absolute Gasteiger partial charge is 0.382 e. The number of nitrogens with one attached hydrogen (secondary N) is 1. The molecule has 0 bridgehead atoms. The summed E-state index contributed by atoms with van der Waals surface area (Å²) in [5.41, 5.74) is 9.06. The number of nitrogens with two attached hydrogens (primary N) is 1. The van der Waals surface area contributed by atoms with Crippen molar-refractivity contribution in [3.8, 4) is 29.2 Å². The number of imidazole rings is 1. The van der Waals surface area contributed by atoms with Gasteiger partial charge in [-0.15, -0.1) is 0 Å². The van der Waals surface area contributed by atoms with Crippen molar-refractivity contribution in [1.82, 2.24) is 24.3 Å². The standard InChI is InChI=1S/C27H22N8O2/c1-2-4-22(36)34-13-3-5-20(34)26-33-23(24-25(29)31-12-14-35(24)26)18-6-8-19(9-7-18)27(37)32-21-15-17(16-28)10-11-30-21/h6-12,14-15,20H,3,5,13H2,1H3,(H2,29,31)(H,30,32,37)/t20-/m0/s1. The van der Waals surface area contributed by atoms with Crippen LogP contribution in [0, 0.1) is 23.2 Å². The predicted octanol–water partition coefficient (Wildman–Crippen LogP) is 3.18. The molecule has 5 rings (SSSR count). The fraction of sp³-hybridized carbons (Fsp3) is 0.185. The molecular formula is C27H22N8O2. The van der Waals surface area contributed by atoms with Crippen molar-refractivity contribution >= 4 is 29.0 Å². The molecule has 3 aromatic heterocycles. The van der Waals surface area contributed by atoms with E-state index in [9.17, 15) is 9.59 Å². The number of hydrogen-bond donors (Lipinski definition) is 2. The third-order valence-corrected chi connectivity index (χ3v) is 6.21. The average molecular weight is 491 g/mol. The summed E-state index contributed by atoms with van der Waals surface area (Å²) in [6.07, 6.45) is 6.47. The van der Waals surface area contributed by atoms with Crippen molar-refractivity contribution in [2.45, 2.75) is 25.8 Å². The maximum atomic E-state index is 12.7. The first-order valence-corrected chi connectivity index (χ1v) is 11.6. The minimum Gasteiger partial charge on any atom is -0.382 e. The topological polar surface area (TPSA) is 142 Å². The SMILES string of the molecule is CC#CC(=O)N1CCC[C@H]1c1nc(-c2ccc(C(=O)Nc3cc(C#N)ccn3)cc2)c2c(N)nccn12. The molecule has 0 saturated carbocycles. The van der Waals surface area contributed by atoms with Gasteiger partial charge in [0.1, 0.15) is 28.7 Å². The Labute approximate surface area is 212 Å². The van der Waals surface area contributed by atoms with Crippen molar-refractivity contribution in [2.24, 2.45) is 0 Å². The minimum atomic E-state index is -0.358. The molecular weight excluding hydrogens is 468 g/mol. The lowest BCUT2D eigenvalue weighted by Crippen LogP contribution is -2.30. The van der Waals surface area contributed by atoms with E-state index in [4.69, 9.17) is 16.0 Å². The number of amides is 2. The first kappa shape index (κ1) is 23.5. The Morgan fingerprint density at radius 2 is 1.97 bits per heavy atom. The number of likely N-dealkylation sites (tertiary alicyclic amines) is 1. The van der Waals surface area contributed by atoms with Crippen molar-refractivity contribution in [1.29, 1.82) is 5.26 Å². The molecule has 4 aromatic rings. The number of nitrogen functional groups attached to an aromatic ring is 1. The number of pyridine rings is 1. The van der Waals surface area contributed by atoms with Crippen LogP contribution in [0.2, 0.25) is 0 Å². The van der Waals surface area contributed by atoms with Gasteiger partial charge in [-0.2, -0.15) is 5.26 Å². The van der Waals surface area contributed by atoms with Crippen molar-refractivity contribution in [2.75, 3.05) is 17.6 Å². The predicted molar refractivity (Wildman–Crippen MR) is 137 cm³/mol. The summed E-state index contributed by atoms with van der Waals surface area (Å²) in [6.45, 7) is 2.25. The molecule has 2 amide bonds. The summed E-state index contributed by atoms with van der Waals surface area (Å²) in [7, 11) is 0. The highest BCUT2D eigenvalue weighted by Gasteiger charge is 2.33. The summed E-state index contributed by atoms with van der Waals surface area (Å²) in [6, 6.07) is 11.8. The molecule has 0 aliphatic carbocycles. The lowest BCUT2D eigenvalue weighted by Gasteiger charge is -2.21. The second-order valence-electron chi connectivity index (χ2n) is 8.45. The Balaban J connectivity index is 1.48. The summed E-state index contributed by atoms with van der Waals surface area (Å²) in [5, 5.41) is 11.7. The zero-order valence-electron chi connectivity index (χ0n) is 20.0. The highest BCUT2D eigenvalue weighted by Crippen LogP contribution is 2.36. The second kappa shape index (κ2) is 9.80. The number of benzene rings is 1. The molecule has 4 heterocycles. The van der Waals surface area contributed by atoms with E-state index in [1.165, 1.54) is 12.3 Å². The molecule has 1 aromatic carbocycles. The molecule has 0 spiro atoms. The van der Waals surface area contributed by atoms with Crippen LogP contribution < -0.4 is 11.1 Å². The zero-order chi connectivity index (χ0) is 25.9. The van der Waals surface area contributed by atoms with Gasteiger partial charge in [-0.25, -0.2) is 15.0 Å². The fourth-order valence-electron chi connectivity index (χ4n) is 4.52. The van der Waals surface area contributed by atoms with Crippen LogP contribution in [-0.4, -0.2) is 42.6 Å². The smallest absolute Gasteiger partial charge is 0.299 e. The van der Waals surface area contributed by atoms with Crippen LogP contribution in [0.4, 0.5) is 11.6 Å². The zero-order valence-corrected chi connectivity index (χ0v) is 20.0. The number of nitrogens with zero attached hydrogens (tertiary/aromatic N) is 6. The summed E-state index contributed by atoms with van der Waals surface area (Å²) in [4.78, 5) is 40.3. The Morgan fingerprint density at radius 3 is 2.73 bits per heavy atom. The normalized spacial score (nSPS) is 14.6. The Bertz CT molecular complexity index is 1620. The van der Waals surface area contributed by atoms with Crippen LogP contribution in [-0.2, 0) is 4.79 Å². The number of carbonyl (C=O) groups is 2. The fourth-order valence-corrected chi connectivity index (χ4v) is 4.52. The van der Waals surface area contributed by atoms with E-state index in [0.29, 0.717) is 46.3 Å². The van der Waals surface area contributed by atoms with Crippen LogP contribution in [0.15, 0.2) is 55.0 Å². The quantitative estimate of drug-likeness (QED) is 0.418. The van der Waals surface area contributed by atoms with Crippen LogP contribution in [0.25, 0.3) is 16.8 Å². The number of nitriles is 1. The van der Waals surface area contributed by atoms with E-state index in [1.54, 1.807) is 54.5 Å². The van der Waals surface area contributed by atoms with E-state index < -0.39 is 0 Å². The van der Waals surface area contributed by atoms with Crippen LogP contribution in [0.5, 0.6) is 0 Å². The highest BCUT2D eigenvalue weighted by molar-refractivity contribution is 6.04. The lowest BCUT2D eigenvalue weighted by atomic mass is 10.1. The van der Waals surface area contributed by atoms with Gasteiger partial charge in [0.25, 0.3) is 11.8 Å². The molecule has 1 fully saturated rings. The van der Waals surface area contributed by atoms with Crippen molar-refractivity contribution in [3.05, 3.63) is 71.9 Å². The molecule has 1 aliphatic heterocycles. The van der Waals surface area contributed by atoms with E-state index in [1.807, 2.05) is 10.5 Å². The molecule has 37 heavy (non-hydrogen) atoms. The Kier molecular flexibility index (Phi) is 6.23. The van der Waals surface area contributed by atoms with Gasteiger partial charge in [0, 0.05) is 36.3 Å². The van der Waals surface area contributed by atoms with Crippen molar-refractivity contribution in [3.63, 3.8) is 0 Å². The maximum Gasteiger partial charge on any atom is 0.299 e. The van der Waals surface area contributed by atoms with Crippen LogP contribution in [0.3, 0.4) is 0 Å². The van der Waals surface area contributed by atoms with Gasteiger partial charge in [-0.1, -0.05) is 18.1 Å². The number of aromatic nitrogens is 4. The lowest BCUT2D eigenvalue weighted by molar-refractivity contribution is -0.126. The third-order valence-electron chi connectivity index (χ3n) is 6.21. The first-order chi connectivity index (χ1) is 18.0. The van der Waals surface area contributed by atoms with Gasteiger partial charge < -0.3 is 16.0 Å². The molecule has 0 radical (unpaired) electrons. The van der Waals surface area contributed by atoms with Crippen LogP contribution >= 0.6 is 0 Å². The average Bonchev–Trinajstić information content (AvgIpc) is 3.55. The summed E-state index contributed by atoms with van der Waals surface area (Å²) < 4.78 is 1.88. The molecule has 1 aliphatic rings. The van der Waals surface area contributed by atoms with E-state index in [2.05, 4.69) is 27.1 Å². The second-order valence-corrected chi connectivity index (χ2v) is 8.45. The highest BCUT2D eigenvalue weighted by atomic mass is 16.2. The van der Waals surface area contributed by atoms with E-state index in [-0.39, 0.29) is 17.9 Å². The monoisotopic (exact) mass is 490 g/mol. The molecule has 1 saturated heterocycles. The van der Waals surface area contributed by atoms with Gasteiger partial charge in [-0.3, -0.25) is 14.0 Å². The summed E-state index contributed by atoms with van der Waals surface area (Å²) >= 11 is 0. The molecule has 1 atom stereocenters. The molecule has 3 N–H and O–H groups in total. The molecule has 10 nitrogen and oxygen atoms in total. The van der Waals surface area contributed by atoms with Gasteiger partial charge in [0.15, 0.2) is 0 Å². The van der Waals surface area contributed by atoms with Gasteiger partial charge in [-0.05, 0) is 50.0 Å². The van der Waals surface area contributed by atoms with Crippen LogP contribution in [0.1, 0.15) is 47.6 Å². The summed E-state index contributed by atoms with van der Waals surface area (Å²) in [5.74, 6) is 6.02. The molecule has 0 unspecified atom stereocenters. The third kappa shape index (κ3) is 4.44. The molecule has 182 valence electrons. The number of rotatable bonds is 4. The van der Waals surface area contributed by atoms with Gasteiger partial charge >= 0.3 is 0 Å². The maximum absolute atomic E-state index is 12.7. The number of fused-ring (bicyclic) bond motifs is 1. The number of carbonyl (C=O) groups excluding carboxylic acids is 2. The van der Waals surface area contributed by atoms with Gasteiger partial charge in [0.05, 0.1) is 17.7 Å². The minimum absolute atomic E-state index is 0.226. The van der Waals surface area contributed by atoms with E-state index >= 15 is 0 Å². The first-order valence-electron chi connectivity index (χ1n) is 11.6. The van der Waals surface area contributed by atoms with Gasteiger partial charge in [0.2, 0.25) is 0 Å². The Morgan fingerprint density at radius 1 is 1.16 bits per heavy atom.